The van der Waals surface area contributed by atoms with Gasteiger partial charge in [0.25, 0.3) is 0 Å². The highest BCUT2D eigenvalue weighted by Gasteiger charge is 2.42. The van der Waals surface area contributed by atoms with Crippen molar-refractivity contribution in [2.45, 2.75) is 19.8 Å². The molecular weight excluding hydrogens is 238 g/mol. The highest BCUT2D eigenvalue weighted by Crippen LogP contribution is 2.37. The fraction of sp³-hybridized carbons (Fsp3) is 0.750. The Labute approximate surface area is 106 Å². The van der Waals surface area contributed by atoms with E-state index in [-0.39, 0.29) is 35.6 Å². The van der Waals surface area contributed by atoms with Crippen LogP contribution in [0.4, 0.5) is 0 Å². The number of carbonyl (C=O) groups is 3. The van der Waals surface area contributed by atoms with E-state index in [0.717, 1.165) is 0 Å². The van der Waals surface area contributed by atoms with Crippen LogP contribution < -0.4 is 5.32 Å². The van der Waals surface area contributed by atoms with Crippen molar-refractivity contribution >= 4 is 17.8 Å². The Hall–Kier alpha value is -1.59. The summed E-state index contributed by atoms with van der Waals surface area (Å²) in [6, 6.07) is 0. The first-order chi connectivity index (χ1) is 8.49. The molecule has 6 nitrogen and oxygen atoms in total. The van der Waals surface area contributed by atoms with Crippen LogP contribution in [0.15, 0.2) is 0 Å². The second-order valence-corrected chi connectivity index (χ2v) is 4.52. The molecule has 0 saturated heterocycles. The van der Waals surface area contributed by atoms with Gasteiger partial charge in [-0.15, -0.1) is 0 Å². The average molecular weight is 257 g/mol. The van der Waals surface area contributed by atoms with Gasteiger partial charge in [-0.25, -0.2) is 0 Å². The Morgan fingerprint density at radius 2 is 1.72 bits per heavy atom. The van der Waals surface area contributed by atoms with Crippen LogP contribution >= 0.6 is 0 Å². The minimum atomic E-state index is -0.356. The van der Waals surface area contributed by atoms with Crippen LogP contribution in [-0.2, 0) is 23.9 Å². The van der Waals surface area contributed by atoms with E-state index in [9.17, 15) is 14.4 Å². The van der Waals surface area contributed by atoms with E-state index in [0.29, 0.717) is 19.4 Å². The number of hydrogen-bond acceptors (Lipinski definition) is 5. The number of carbonyl (C=O) groups excluding carboxylic acids is 3. The molecule has 102 valence electrons. The molecule has 1 rings (SSSR count). The normalized spacial score (nSPS) is 26.5. The summed E-state index contributed by atoms with van der Waals surface area (Å²) in [4.78, 5) is 34.0. The summed E-state index contributed by atoms with van der Waals surface area (Å²) >= 11 is 0. The summed E-state index contributed by atoms with van der Waals surface area (Å²) in [7, 11) is 2.65. The van der Waals surface area contributed by atoms with Gasteiger partial charge in [-0.3, -0.25) is 14.4 Å². The van der Waals surface area contributed by atoms with E-state index < -0.39 is 0 Å². The van der Waals surface area contributed by atoms with Crippen molar-refractivity contribution in [3.63, 3.8) is 0 Å². The number of esters is 2. The van der Waals surface area contributed by atoms with Crippen molar-refractivity contribution in [3.05, 3.63) is 0 Å². The van der Waals surface area contributed by atoms with Crippen LogP contribution in [0, 0.1) is 17.8 Å². The minimum Gasteiger partial charge on any atom is -0.469 e. The maximum atomic E-state index is 11.6. The summed E-state index contributed by atoms with van der Waals surface area (Å²) in [6.45, 7) is 1.79. The molecule has 0 heterocycles. The van der Waals surface area contributed by atoms with E-state index in [4.69, 9.17) is 9.47 Å². The number of methoxy groups -OCH3 is 2. The van der Waals surface area contributed by atoms with Crippen LogP contribution in [0.2, 0.25) is 0 Å². The topological polar surface area (TPSA) is 81.7 Å². The fourth-order valence-electron chi connectivity index (χ4n) is 2.42. The first-order valence-electron chi connectivity index (χ1n) is 5.89. The standard InChI is InChI=1S/C12H19NO5/c1-7(14)13-6-9-4-8(11(15)17-2)5-10(9)12(16)18-3/h8-10H,4-6H2,1-3H3,(H,13,14). The van der Waals surface area contributed by atoms with Crippen LogP contribution in [0.25, 0.3) is 0 Å². The van der Waals surface area contributed by atoms with Gasteiger partial charge in [-0.2, -0.15) is 0 Å². The predicted octanol–water partition coefficient (Wildman–Crippen LogP) is 0.111. The zero-order valence-electron chi connectivity index (χ0n) is 10.9. The molecule has 3 atom stereocenters. The molecule has 0 aromatic rings. The number of ether oxygens (including phenoxy) is 2. The monoisotopic (exact) mass is 257 g/mol. The molecule has 6 heteroatoms. The third kappa shape index (κ3) is 3.45. The van der Waals surface area contributed by atoms with Crippen LogP contribution in [0.1, 0.15) is 19.8 Å². The lowest BCUT2D eigenvalue weighted by molar-refractivity contribution is -0.147. The van der Waals surface area contributed by atoms with E-state index >= 15 is 0 Å². The molecule has 1 N–H and O–H groups in total. The molecule has 0 aromatic carbocycles. The summed E-state index contributed by atoms with van der Waals surface area (Å²) < 4.78 is 9.42. The molecule has 1 aliphatic carbocycles. The molecule has 1 saturated carbocycles. The largest absolute Gasteiger partial charge is 0.469 e. The maximum Gasteiger partial charge on any atom is 0.309 e. The van der Waals surface area contributed by atoms with Gasteiger partial charge >= 0.3 is 11.9 Å². The van der Waals surface area contributed by atoms with E-state index in [1.54, 1.807) is 0 Å². The van der Waals surface area contributed by atoms with E-state index in [1.165, 1.54) is 21.1 Å². The Morgan fingerprint density at radius 3 is 2.22 bits per heavy atom. The summed E-state index contributed by atoms with van der Waals surface area (Å²) in [6.07, 6.45) is 0.955. The van der Waals surface area contributed by atoms with Gasteiger partial charge in [-0.05, 0) is 18.8 Å². The third-order valence-electron chi connectivity index (χ3n) is 3.35. The van der Waals surface area contributed by atoms with Crippen molar-refractivity contribution in [2.75, 3.05) is 20.8 Å². The molecule has 0 radical (unpaired) electrons. The highest BCUT2D eigenvalue weighted by atomic mass is 16.5. The fourth-order valence-corrected chi connectivity index (χ4v) is 2.42. The summed E-state index contributed by atoms with van der Waals surface area (Å²) in [5.41, 5.74) is 0. The number of amides is 1. The van der Waals surface area contributed by atoms with Gasteiger partial charge in [0.1, 0.15) is 0 Å². The zero-order valence-corrected chi connectivity index (χ0v) is 10.9. The quantitative estimate of drug-likeness (QED) is 0.723. The Morgan fingerprint density at radius 1 is 1.11 bits per heavy atom. The second kappa shape index (κ2) is 6.37. The molecule has 1 amide bonds. The van der Waals surface area contributed by atoms with Gasteiger partial charge in [0.15, 0.2) is 0 Å². The molecule has 0 bridgehead atoms. The molecule has 1 aliphatic rings. The molecule has 1 fully saturated rings. The van der Waals surface area contributed by atoms with Gasteiger partial charge < -0.3 is 14.8 Å². The summed E-state index contributed by atoms with van der Waals surface area (Å²) in [5.74, 6) is -1.53. The molecule has 0 spiro atoms. The van der Waals surface area contributed by atoms with Crippen LogP contribution in [0.5, 0.6) is 0 Å². The lowest BCUT2D eigenvalue weighted by Gasteiger charge is -2.16. The molecule has 0 aliphatic heterocycles. The smallest absolute Gasteiger partial charge is 0.309 e. The van der Waals surface area contributed by atoms with Crippen molar-refractivity contribution in [1.82, 2.24) is 5.32 Å². The Kier molecular flexibility index (Phi) is 5.12. The highest BCUT2D eigenvalue weighted by molar-refractivity contribution is 5.78. The summed E-state index contributed by atoms with van der Waals surface area (Å²) in [5, 5.41) is 2.68. The van der Waals surface area contributed by atoms with Crippen LogP contribution in [-0.4, -0.2) is 38.6 Å². The second-order valence-electron chi connectivity index (χ2n) is 4.52. The van der Waals surface area contributed by atoms with E-state index in [1.807, 2.05) is 0 Å². The third-order valence-corrected chi connectivity index (χ3v) is 3.35. The average Bonchev–Trinajstić information content (AvgIpc) is 2.78. The number of hydrogen-bond donors (Lipinski definition) is 1. The predicted molar refractivity (Wildman–Crippen MR) is 62.4 cm³/mol. The Balaban J connectivity index is 2.68. The first-order valence-corrected chi connectivity index (χ1v) is 5.89. The molecule has 18 heavy (non-hydrogen) atoms. The van der Waals surface area contributed by atoms with Gasteiger partial charge in [0.2, 0.25) is 5.91 Å². The molecule has 0 aromatic heterocycles. The SMILES string of the molecule is COC(=O)C1CC(CNC(C)=O)C(C(=O)OC)C1. The lowest BCUT2D eigenvalue weighted by Crippen LogP contribution is -2.32. The van der Waals surface area contributed by atoms with Crippen molar-refractivity contribution in [3.8, 4) is 0 Å². The molecule has 3 unspecified atom stereocenters. The number of rotatable bonds is 4. The zero-order chi connectivity index (χ0) is 13.7. The van der Waals surface area contributed by atoms with Gasteiger partial charge in [0, 0.05) is 13.5 Å². The van der Waals surface area contributed by atoms with Crippen molar-refractivity contribution in [2.24, 2.45) is 17.8 Å². The first kappa shape index (κ1) is 14.5. The molecular formula is C12H19NO5. The van der Waals surface area contributed by atoms with Gasteiger partial charge in [0.05, 0.1) is 26.1 Å². The minimum absolute atomic E-state index is 0.0783. The maximum absolute atomic E-state index is 11.6. The number of nitrogens with one attached hydrogen (secondary N) is 1. The Bertz CT molecular complexity index is 341. The van der Waals surface area contributed by atoms with E-state index in [2.05, 4.69) is 5.32 Å². The van der Waals surface area contributed by atoms with Gasteiger partial charge in [-0.1, -0.05) is 0 Å². The van der Waals surface area contributed by atoms with Crippen LogP contribution in [0.3, 0.4) is 0 Å². The van der Waals surface area contributed by atoms with Crippen molar-refractivity contribution < 1.29 is 23.9 Å². The lowest BCUT2D eigenvalue weighted by atomic mass is 9.96. The van der Waals surface area contributed by atoms with Crippen molar-refractivity contribution in [1.29, 1.82) is 0 Å².